The molecule has 1 aromatic heterocycles. The quantitative estimate of drug-likeness (QED) is 0.460. The lowest BCUT2D eigenvalue weighted by Crippen LogP contribution is -2.38. The number of aromatic nitrogens is 1. The molecular formula is C24H31N3O4S. The highest BCUT2D eigenvalue weighted by molar-refractivity contribution is 7.89. The van der Waals surface area contributed by atoms with Crippen LogP contribution in [0.2, 0.25) is 0 Å². The van der Waals surface area contributed by atoms with Crippen LogP contribution in [0, 0.1) is 20.8 Å². The van der Waals surface area contributed by atoms with Gasteiger partial charge < -0.3 is 15.0 Å². The van der Waals surface area contributed by atoms with Gasteiger partial charge in [0.15, 0.2) is 0 Å². The highest BCUT2D eigenvalue weighted by Gasteiger charge is 2.23. The van der Waals surface area contributed by atoms with Crippen LogP contribution in [0.1, 0.15) is 40.4 Å². The fourth-order valence-electron chi connectivity index (χ4n) is 4.13. The zero-order chi connectivity index (χ0) is 23.5. The predicted octanol–water partition coefficient (Wildman–Crippen LogP) is 3.05. The van der Waals surface area contributed by atoms with Gasteiger partial charge in [0.2, 0.25) is 10.0 Å². The molecule has 0 fully saturated rings. The number of rotatable bonds is 9. The number of benzene rings is 2. The van der Waals surface area contributed by atoms with Crippen LogP contribution in [0.4, 0.5) is 0 Å². The molecule has 0 spiro atoms. The van der Waals surface area contributed by atoms with E-state index in [2.05, 4.69) is 10.0 Å². The van der Waals surface area contributed by atoms with Crippen molar-refractivity contribution in [3.8, 4) is 0 Å². The summed E-state index contributed by atoms with van der Waals surface area (Å²) in [5, 5.41) is 12.4. The molecule has 7 nitrogen and oxygen atoms in total. The van der Waals surface area contributed by atoms with Crippen LogP contribution in [-0.2, 0) is 16.6 Å². The Bertz CT molecular complexity index is 1210. The average molecular weight is 458 g/mol. The molecule has 3 aromatic rings. The maximum atomic E-state index is 13.2. The standard InChI is InChI=1S/C24H31N3O4S/c1-5-21(26-32(30,31)23-17(3)12-16(2)13-18(23)4)15-27-10-8-19-14-20(6-7-22(19)27)24(29)25-9-11-28/h6-8,10,12-14,21,26,28H,5,9,11,15H2,1-4H3,(H,25,29)/t21-/m0/s1. The van der Waals surface area contributed by atoms with E-state index in [9.17, 15) is 13.2 Å². The Hall–Kier alpha value is -2.68. The van der Waals surface area contributed by atoms with Gasteiger partial charge in [-0.3, -0.25) is 4.79 Å². The fraction of sp³-hybridized carbons (Fsp3) is 0.375. The summed E-state index contributed by atoms with van der Waals surface area (Å²) in [7, 11) is -3.67. The third-order valence-electron chi connectivity index (χ3n) is 5.54. The first-order valence-electron chi connectivity index (χ1n) is 10.7. The molecular weight excluding hydrogens is 426 g/mol. The number of fused-ring (bicyclic) bond motifs is 1. The molecule has 1 atom stereocenters. The molecule has 0 radical (unpaired) electrons. The van der Waals surface area contributed by atoms with Gasteiger partial charge in [0, 0.05) is 41.8 Å². The number of hydrogen-bond acceptors (Lipinski definition) is 4. The lowest BCUT2D eigenvalue weighted by Gasteiger charge is -2.20. The van der Waals surface area contributed by atoms with Crippen molar-refractivity contribution in [3.63, 3.8) is 0 Å². The number of aliphatic hydroxyl groups excluding tert-OH is 1. The Morgan fingerprint density at radius 3 is 2.41 bits per heavy atom. The summed E-state index contributed by atoms with van der Waals surface area (Å²) < 4.78 is 31.2. The highest BCUT2D eigenvalue weighted by Crippen LogP contribution is 2.23. The lowest BCUT2D eigenvalue weighted by molar-refractivity contribution is 0.0945. The Labute approximate surface area is 189 Å². The van der Waals surface area contributed by atoms with Crippen molar-refractivity contribution in [1.82, 2.24) is 14.6 Å². The third kappa shape index (κ3) is 5.20. The van der Waals surface area contributed by atoms with E-state index in [4.69, 9.17) is 5.11 Å². The second-order valence-corrected chi connectivity index (χ2v) is 9.83. The van der Waals surface area contributed by atoms with Crippen molar-refractivity contribution in [2.45, 2.75) is 51.6 Å². The minimum Gasteiger partial charge on any atom is -0.395 e. The minimum absolute atomic E-state index is 0.111. The SMILES string of the molecule is CC[C@@H](Cn1ccc2cc(C(=O)NCCO)ccc21)NS(=O)(=O)c1c(C)cc(C)cc1C. The molecule has 0 aliphatic heterocycles. The topological polar surface area (TPSA) is 100 Å². The molecule has 172 valence electrons. The zero-order valence-electron chi connectivity index (χ0n) is 19.0. The van der Waals surface area contributed by atoms with Gasteiger partial charge in [-0.25, -0.2) is 13.1 Å². The molecule has 1 amide bonds. The maximum absolute atomic E-state index is 13.2. The molecule has 0 unspecified atom stereocenters. The lowest BCUT2D eigenvalue weighted by atomic mass is 10.1. The number of aryl methyl sites for hydroxylation is 3. The largest absolute Gasteiger partial charge is 0.395 e. The van der Waals surface area contributed by atoms with Crippen molar-refractivity contribution in [1.29, 1.82) is 0 Å². The number of amides is 1. The fourth-order valence-corrected chi connectivity index (χ4v) is 5.89. The Morgan fingerprint density at radius 1 is 1.09 bits per heavy atom. The molecule has 2 aromatic carbocycles. The van der Waals surface area contributed by atoms with Crippen molar-refractivity contribution in [2.24, 2.45) is 0 Å². The summed E-state index contributed by atoms with van der Waals surface area (Å²) in [6.07, 6.45) is 2.53. The van der Waals surface area contributed by atoms with Crippen LogP contribution in [0.3, 0.4) is 0 Å². The first-order chi connectivity index (χ1) is 15.2. The number of aliphatic hydroxyl groups is 1. The smallest absolute Gasteiger partial charge is 0.251 e. The van der Waals surface area contributed by atoms with Crippen LogP contribution < -0.4 is 10.0 Å². The first-order valence-corrected chi connectivity index (χ1v) is 12.2. The molecule has 1 heterocycles. The summed E-state index contributed by atoms with van der Waals surface area (Å²) in [4.78, 5) is 12.5. The number of nitrogens with one attached hydrogen (secondary N) is 2. The average Bonchev–Trinajstić information content (AvgIpc) is 3.12. The predicted molar refractivity (Wildman–Crippen MR) is 126 cm³/mol. The van der Waals surface area contributed by atoms with Crippen LogP contribution in [-0.4, -0.2) is 43.2 Å². The van der Waals surface area contributed by atoms with Gasteiger partial charge in [0.05, 0.1) is 11.5 Å². The number of hydrogen-bond donors (Lipinski definition) is 3. The maximum Gasteiger partial charge on any atom is 0.251 e. The minimum atomic E-state index is -3.67. The summed E-state index contributed by atoms with van der Waals surface area (Å²) in [6, 6.07) is 10.8. The summed E-state index contributed by atoms with van der Waals surface area (Å²) in [6.45, 7) is 8.12. The first kappa shape index (κ1) is 24.0. The number of nitrogens with zero attached hydrogens (tertiary/aromatic N) is 1. The number of sulfonamides is 1. The summed E-state index contributed by atoms with van der Waals surface area (Å²) in [5.41, 5.74) is 3.95. The van der Waals surface area contributed by atoms with Gasteiger partial charge in [-0.15, -0.1) is 0 Å². The van der Waals surface area contributed by atoms with E-state index < -0.39 is 10.0 Å². The monoisotopic (exact) mass is 457 g/mol. The second-order valence-electron chi connectivity index (χ2n) is 8.18. The van der Waals surface area contributed by atoms with Gasteiger partial charge in [-0.05, 0) is 62.6 Å². The van der Waals surface area contributed by atoms with E-state index in [0.29, 0.717) is 23.4 Å². The number of carbonyl (C=O) groups is 1. The van der Waals surface area contributed by atoms with Crippen LogP contribution in [0.15, 0.2) is 47.5 Å². The molecule has 32 heavy (non-hydrogen) atoms. The van der Waals surface area contributed by atoms with E-state index >= 15 is 0 Å². The van der Waals surface area contributed by atoms with Crippen LogP contribution in [0.25, 0.3) is 10.9 Å². The van der Waals surface area contributed by atoms with E-state index in [1.807, 2.05) is 62.7 Å². The summed E-state index contributed by atoms with van der Waals surface area (Å²) in [5.74, 6) is -0.239. The van der Waals surface area contributed by atoms with Crippen molar-refractivity contribution >= 4 is 26.8 Å². The van der Waals surface area contributed by atoms with E-state index in [-0.39, 0.29) is 25.1 Å². The van der Waals surface area contributed by atoms with Gasteiger partial charge >= 0.3 is 0 Å². The Kier molecular flexibility index (Phi) is 7.38. The normalized spacial score (nSPS) is 12.8. The molecule has 0 aliphatic rings. The molecule has 0 aliphatic carbocycles. The van der Waals surface area contributed by atoms with E-state index in [1.54, 1.807) is 12.1 Å². The van der Waals surface area contributed by atoms with Gasteiger partial charge in [0.1, 0.15) is 0 Å². The van der Waals surface area contributed by atoms with Crippen LogP contribution in [0.5, 0.6) is 0 Å². The third-order valence-corrected chi connectivity index (χ3v) is 7.36. The van der Waals surface area contributed by atoms with Crippen LogP contribution >= 0.6 is 0 Å². The zero-order valence-corrected chi connectivity index (χ0v) is 19.8. The second kappa shape index (κ2) is 9.85. The summed E-state index contributed by atoms with van der Waals surface area (Å²) >= 11 is 0. The molecule has 8 heteroatoms. The highest BCUT2D eigenvalue weighted by atomic mass is 32.2. The molecule has 0 saturated carbocycles. The van der Waals surface area contributed by atoms with Crippen molar-refractivity contribution in [2.75, 3.05) is 13.2 Å². The molecule has 0 bridgehead atoms. The van der Waals surface area contributed by atoms with Crippen molar-refractivity contribution < 1.29 is 18.3 Å². The Balaban J connectivity index is 1.82. The van der Waals surface area contributed by atoms with E-state index in [1.165, 1.54) is 0 Å². The van der Waals surface area contributed by atoms with E-state index in [0.717, 1.165) is 27.6 Å². The van der Waals surface area contributed by atoms with Gasteiger partial charge in [0.25, 0.3) is 5.91 Å². The molecule has 0 saturated heterocycles. The molecule has 3 rings (SSSR count). The van der Waals surface area contributed by atoms with Gasteiger partial charge in [-0.1, -0.05) is 24.6 Å². The Morgan fingerprint density at radius 2 is 1.78 bits per heavy atom. The van der Waals surface area contributed by atoms with Gasteiger partial charge in [-0.2, -0.15) is 0 Å². The number of carbonyl (C=O) groups excluding carboxylic acids is 1. The molecule has 3 N–H and O–H groups in total. The van der Waals surface area contributed by atoms with Crippen molar-refractivity contribution in [3.05, 3.63) is 64.8 Å².